The van der Waals surface area contributed by atoms with E-state index in [9.17, 15) is 0 Å². The Bertz CT molecular complexity index is 641. The molecule has 106 valence electrons. The first-order valence-corrected chi connectivity index (χ1v) is 7.68. The van der Waals surface area contributed by atoms with E-state index in [0.29, 0.717) is 0 Å². The molecule has 0 aliphatic carbocycles. The van der Waals surface area contributed by atoms with Gasteiger partial charge in [-0.25, -0.2) is 18.3 Å². The molecule has 3 aromatic rings. The van der Waals surface area contributed by atoms with Gasteiger partial charge in [-0.05, 0) is 27.7 Å². The van der Waals surface area contributed by atoms with Crippen molar-refractivity contribution < 1.29 is 9.13 Å². The lowest BCUT2D eigenvalue weighted by molar-refractivity contribution is -0.672. The van der Waals surface area contributed by atoms with Crippen LogP contribution in [-0.4, -0.2) is 9.13 Å². The van der Waals surface area contributed by atoms with Crippen LogP contribution in [0.2, 0.25) is 0 Å². The third-order valence-electron chi connectivity index (χ3n) is 4.23. The first-order chi connectivity index (χ1) is 9.73. The minimum atomic E-state index is 1.01. The third kappa shape index (κ3) is 1.74. The minimum Gasteiger partial charge on any atom is -0.230 e. The molecule has 4 heteroatoms. The Morgan fingerprint density at radius 1 is 0.750 bits per heavy atom. The molecule has 4 nitrogen and oxygen atoms in total. The molecule has 0 radical (unpaired) electrons. The van der Waals surface area contributed by atoms with E-state index in [1.807, 2.05) is 0 Å². The molecule has 0 saturated carbocycles. The van der Waals surface area contributed by atoms with Crippen molar-refractivity contribution in [3.05, 3.63) is 24.8 Å². The Labute approximate surface area is 119 Å². The van der Waals surface area contributed by atoms with E-state index < -0.39 is 0 Å². The maximum atomic E-state index is 2.34. The van der Waals surface area contributed by atoms with Crippen LogP contribution in [0.5, 0.6) is 0 Å². The van der Waals surface area contributed by atoms with Gasteiger partial charge in [-0.15, -0.1) is 0 Å². The molecular weight excluding hydrogens is 248 g/mol. The normalized spacial score (nSPS) is 11.8. The molecule has 1 aromatic carbocycles. The predicted molar refractivity (Wildman–Crippen MR) is 80.5 cm³/mol. The van der Waals surface area contributed by atoms with Gasteiger partial charge in [0, 0.05) is 12.1 Å². The minimum absolute atomic E-state index is 1.01. The van der Waals surface area contributed by atoms with Crippen LogP contribution in [0.25, 0.3) is 22.1 Å². The van der Waals surface area contributed by atoms with Gasteiger partial charge in [0.2, 0.25) is 12.7 Å². The monoisotopic (exact) mass is 272 g/mol. The second-order valence-electron chi connectivity index (χ2n) is 5.20. The van der Waals surface area contributed by atoms with Gasteiger partial charge in [0.05, 0.1) is 26.2 Å². The zero-order chi connectivity index (χ0) is 14.3. The van der Waals surface area contributed by atoms with Crippen LogP contribution in [0.4, 0.5) is 0 Å². The van der Waals surface area contributed by atoms with E-state index in [4.69, 9.17) is 0 Å². The van der Waals surface area contributed by atoms with Gasteiger partial charge < -0.3 is 0 Å². The Hall–Kier alpha value is -1.84. The first kappa shape index (κ1) is 13.2. The lowest BCUT2D eigenvalue weighted by Gasteiger charge is -1.94. The molecule has 0 N–H and O–H groups in total. The highest BCUT2D eigenvalue weighted by Crippen LogP contribution is 2.20. The summed E-state index contributed by atoms with van der Waals surface area (Å²) in [4.78, 5) is 0. The number of hydrogen-bond donors (Lipinski definition) is 0. The molecule has 3 rings (SSSR count). The topological polar surface area (TPSA) is 17.6 Å². The van der Waals surface area contributed by atoms with Crippen LogP contribution in [0.15, 0.2) is 24.8 Å². The summed E-state index contributed by atoms with van der Waals surface area (Å²) in [6.07, 6.45) is 4.46. The van der Waals surface area contributed by atoms with Gasteiger partial charge in [-0.3, -0.25) is 0 Å². The Balaban J connectivity index is 2.42. The van der Waals surface area contributed by atoms with Crippen molar-refractivity contribution in [3.63, 3.8) is 0 Å². The zero-order valence-electron chi connectivity index (χ0n) is 12.9. The molecule has 0 atom stereocenters. The van der Waals surface area contributed by atoms with Crippen LogP contribution in [-0.2, 0) is 26.2 Å². The molecule has 0 amide bonds. The zero-order valence-corrected chi connectivity index (χ0v) is 12.9. The summed E-state index contributed by atoms with van der Waals surface area (Å²) >= 11 is 0. The largest absolute Gasteiger partial charge is 0.244 e. The number of aromatic nitrogens is 4. The van der Waals surface area contributed by atoms with Crippen LogP contribution in [0.1, 0.15) is 27.7 Å². The SMILES string of the molecule is CCn1c[n+](CC)c2cc3c(cc21)n(CC)c[n+]3CC. The van der Waals surface area contributed by atoms with Crippen molar-refractivity contribution in [2.24, 2.45) is 0 Å². The van der Waals surface area contributed by atoms with Crippen LogP contribution < -0.4 is 9.13 Å². The van der Waals surface area contributed by atoms with E-state index in [1.165, 1.54) is 22.1 Å². The van der Waals surface area contributed by atoms with Crippen molar-refractivity contribution in [1.29, 1.82) is 0 Å². The van der Waals surface area contributed by atoms with E-state index in [1.54, 1.807) is 0 Å². The smallest absolute Gasteiger partial charge is 0.230 e. The number of nitrogens with zero attached hydrogens (tertiary/aromatic N) is 4. The summed E-state index contributed by atoms with van der Waals surface area (Å²) in [5.74, 6) is 0. The first-order valence-electron chi connectivity index (χ1n) is 7.68. The molecule has 0 fully saturated rings. The highest BCUT2D eigenvalue weighted by molar-refractivity contribution is 5.88. The number of benzene rings is 1. The maximum Gasteiger partial charge on any atom is 0.244 e. The van der Waals surface area contributed by atoms with E-state index in [0.717, 1.165) is 26.2 Å². The summed E-state index contributed by atoms with van der Waals surface area (Å²) in [7, 11) is 0. The fourth-order valence-corrected chi connectivity index (χ4v) is 3.07. The van der Waals surface area contributed by atoms with Crippen molar-refractivity contribution in [1.82, 2.24) is 9.13 Å². The fourth-order valence-electron chi connectivity index (χ4n) is 3.07. The molecule has 0 bridgehead atoms. The summed E-state index contributed by atoms with van der Waals surface area (Å²) < 4.78 is 9.34. The highest BCUT2D eigenvalue weighted by atomic mass is 15.2. The van der Waals surface area contributed by atoms with Gasteiger partial charge in [-0.1, -0.05) is 0 Å². The number of imidazole rings is 2. The molecule has 20 heavy (non-hydrogen) atoms. The third-order valence-corrected chi connectivity index (χ3v) is 4.23. The van der Waals surface area contributed by atoms with Crippen molar-refractivity contribution in [2.45, 2.75) is 53.9 Å². The Morgan fingerprint density at radius 2 is 1.20 bits per heavy atom. The highest BCUT2D eigenvalue weighted by Gasteiger charge is 2.21. The quantitative estimate of drug-likeness (QED) is 0.648. The molecule has 0 aliphatic heterocycles. The standard InChI is InChI=1S/C16H24N4/c1-5-17-11-18(6-2)14-10-16-15(9-13(14)17)19(7-3)12-20(16)8-4/h9-12H,5-8H2,1-4H3/q+2. The number of aryl methyl sites for hydroxylation is 4. The second-order valence-corrected chi connectivity index (χ2v) is 5.20. The lowest BCUT2D eigenvalue weighted by Crippen LogP contribution is -2.32. The van der Waals surface area contributed by atoms with Crippen molar-refractivity contribution in [2.75, 3.05) is 0 Å². The van der Waals surface area contributed by atoms with Gasteiger partial charge in [0.25, 0.3) is 0 Å². The molecule has 0 spiro atoms. The summed E-state index contributed by atoms with van der Waals surface area (Å²) in [5, 5.41) is 0. The van der Waals surface area contributed by atoms with Crippen molar-refractivity contribution in [3.8, 4) is 0 Å². The lowest BCUT2D eigenvalue weighted by atomic mass is 10.2. The average Bonchev–Trinajstić information content (AvgIpc) is 3.02. The molecule has 0 unspecified atom stereocenters. The number of fused-ring (bicyclic) bond motifs is 2. The summed E-state index contributed by atoms with van der Waals surface area (Å²) in [6, 6.07) is 4.69. The summed E-state index contributed by atoms with van der Waals surface area (Å²) in [5.41, 5.74) is 5.33. The Kier molecular flexibility index (Phi) is 3.24. The number of rotatable bonds is 4. The Morgan fingerprint density at radius 3 is 1.55 bits per heavy atom. The number of hydrogen-bond acceptors (Lipinski definition) is 0. The maximum absolute atomic E-state index is 2.34. The van der Waals surface area contributed by atoms with Crippen LogP contribution in [0, 0.1) is 0 Å². The van der Waals surface area contributed by atoms with Gasteiger partial charge in [-0.2, -0.15) is 0 Å². The summed E-state index contributed by atoms with van der Waals surface area (Å²) in [6.45, 7) is 12.9. The molecule has 0 aliphatic rings. The molecular formula is C16H24N4+2. The fraction of sp³-hybridized carbons (Fsp3) is 0.500. The average molecular weight is 272 g/mol. The van der Waals surface area contributed by atoms with Gasteiger partial charge in [0.15, 0.2) is 22.1 Å². The molecule has 0 saturated heterocycles. The van der Waals surface area contributed by atoms with Crippen molar-refractivity contribution >= 4 is 22.1 Å². The predicted octanol–water partition coefficient (Wildman–Crippen LogP) is 2.25. The van der Waals surface area contributed by atoms with Crippen LogP contribution in [0.3, 0.4) is 0 Å². The molecule has 2 heterocycles. The van der Waals surface area contributed by atoms with Gasteiger partial charge >= 0.3 is 0 Å². The van der Waals surface area contributed by atoms with E-state index in [2.05, 4.69) is 70.8 Å². The second kappa shape index (κ2) is 4.93. The molecule has 2 aromatic heterocycles. The van der Waals surface area contributed by atoms with Gasteiger partial charge in [0.1, 0.15) is 0 Å². The van der Waals surface area contributed by atoms with E-state index >= 15 is 0 Å². The van der Waals surface area contributed by atoms with E-state index in [-0.39, 0.29) is 0 Å². The van der Waals surface area contributed by atoms with Crippen LogP contribution >= 0.6 is 0 Å².